The van der Waals surface area contributed by atoms with Crippen LogP contribution in [0.3, 0.4) is 0 Å². The number of alkyl halides is 3. The van der Waals surface area contributed by atoms with E-state index in [-0.39, 0.29) is 35.6 Å². The number of Topliss-reactive ketones (excluding diaryl/α,β-unsaturated/α-hetero) is 1. The number of esters is 1. The Labute approximate surface area is 417 Å². The van der Waals surface area contributed by atoms with E-state index in [1.165, 1.54) is 19.1 Å². The lowest BCUT2D eigenvalue weighted by molar-refractivity contribution is -0.468. The molecule has 71 heavy (non-hydrogen) atoms. The van der Waals surface area contributed by atoms with E-state index in [2.05, 4.69) is 10.6 Å². The van der Waals surface area contributed by atoms with Gasteiger partial charge in [0.2, 0.25) is 17.6 Å². The van der Waals surface area contributed by atoms with E-state index in [1.807, 2.05) is 61.5 Å². The van der Waals surface area contributed by atoms with Gasteiger partial charge in [0.15, 0.2) is 6.10 Å². The fourth-order valence-electron chi connectivity index (χ4n) is 11.4. The maximum Gasteiger partial charge on any atom is 0.417 e. The summed E-state index contributed by atoms with van der Waals surface area (Å²) in [6, 6.07) is 4.30. The second-order valence-electron chi connectivity index (χ2n) is 21.1. The van der Waals surface area contributed by atoms with Crippen molar-refractivity contribution in [2.24, 2.45) is 41.4 Å². The first-order chi connectivity index (χ1) is 33.3. The number of nitriles is 1. The third-order valence-corrected chi connectivity index (χ3v) is 16.0. The number of anilines is 1. The van der Waals surface area contributed by atoms with E-state index >= 15 is 0 Å². The maximum atomic E-state index is 14.8. The molecule has 4 aliphatic rings. The zero-order valence-corrected chi connectivity index (χ0v) is 43.3. The van der Waals surface area contributed by atoms with Crippen molar-refractivity contribution in [1.29, 1.82) is 5.26 Å². The highest BCUT2D eigenvalue weighted by Gasteiger charge is 2.60. The lowest BCUT2D eigenvalue weighted by Gasteiger charge is -2.47. The van der Waals surface area contributed by atoms with Gasteiger partial charge in [-0.2, -0.15) is 23.3 Å². The smallest absolute Gasteiger partial charge is 0.417 e. The molecule has 0 aromatic heterocycles. The number of ether oxygens (including phenoxy) is 4. The zero-order valence-electron chi connectivity index (χ0n) is 43.3. The molecule has 0 unspecified atom stereocenters. The number of rotatable bonds is 16. The Morgan fingerprint density at radius 1 is 0.944 bits per heavy atom. The van der Waals surface area contributed by atoms with Gasteiger partial charge in [-0.05, 0) is 114 Å². The lowest BCUT2D eigenvalue weighted by Crippen LogP contribution is -2.56. The Bertz CT molecular complexity index is 2100. The van der Waals surface area contributed by atoms with Gasteiger partial charge in [-0.1, -0.05) is 61.5 Å². The van der Waals surface area contributed by atoms with Crippen molar-refractivity contribution < 1.29 is 71.3 Å². The number of aliphatic hydroxyl groups is 2. The summed E-state index contributed by atoms with van der Waals surface area (Å²) in [6.45, 7) is 19.7. The zero-order chi connectivity index (χ0) is 52.8. The minimum absolute atomic E-state index is 0.0323. The van der Waals surface area contributed by atoms with Gasteiger partial charge in [0, 0.05) is 36.8 Å². The molecule has 4 heterocycles. The van der Waals surface area contributed by atoms with Crippen LogP contribution in [0.15, 0.2) is 30.4 Å². The van der Waals surface area contributed by atoms with Crippen LogP contribution in [0.25, 0.3) is 0 Å². The maximum absolute atomic E-state index is 14.8. The molecule has 0 radical (unpaired) electrons. The molecule has 1 aromatic carbocycles. The van der Waals surface area contributed by atoms with Crippen LogP contribution in [0.5, 0.6) is 0 Å². The predicted molar refractivity (Wildman–Crippen MR) is 256 cm³/mol. The molecule has 2 amide bonds. The highest BCUT2D eigenvalue weighted by atomic mass is 19.4. The number of amides is 2. The Kier molecular flexibility index (Phi) is 19.5. The minimum Gasteiger partial charge on any atom is -0.452 e. The Balaban J connectivity index is 1.28. The van der Waals surface area contributed by atoms with Crippen molar-refractivity contribution >= 4 is 29.3 Å². The lowest BCUT2D eigenvalue weighted by atomic mass is 9.74. The van der Waals surface area contributed by atoms with Gasteiger partial charge in [-0.25, -0.2) is 4.89 Å². The van der Waals surface area contributed by atoms with E-state index in [9.17, 15) is 42.6 Å². The average molecular weight is 1010 g/mol. The fourth-order valence-corrected chi connectivity index (χ4v) is 11.4. The van der Waals surface area contributed by atoms with E-state index in [0.29, 0.717) is 63.9 Å². The molecular formula is C53H78F3N3O12. The summed E-state index contributed by atoms with van der Waals surface area (Å²) < 4.78 is 66.4. The van der Waals surface area contributed by atoms with Gasteiger partial charge in [0.25, 0.3) is 0 Å². The average Bonchev–Trinajstić information content (AvgIpc) is 3.68. The van der Waals surface area contributed by atoms with Gasteiger partial charge in [0.1, 0.15) is 11.9 Å². The van der Waals surface area contributed by atoms with Crippen LogP contribution in [0.1, 0.15) is 151 Å². The Hall–Kier alpha value is -3.96. The van der Waals surface area contributed by atoms with Crippen molar-refractivity contribution in [3.63, 3.8) is 0 Å². The number of carbonyl (C=O) groups is 4. The van der Waals surface area contributed by atoms with Crippen LogP contribution < -0.4 is 10.6 Å². The molecule has 1 aromatic rings. The molecule has 398 valence electrons. The number of allylic oxidation sites excluding steroid dienone is 1. The topological polar surface area (TPSA) is 212 Å². The number of hydrogen-bond acceptors (Lipinski definition) is 13. The molecule has 18 heteroatoms. The standard InChI is InChI=1S/C53H78F3N3O12/c1-12-38(49(64)58-28-44(61)59-37-18-17-36(27-57)40(26-37)53(54,55)56)41-19-16-30(5)47(68-41)33(8)45(62)32(7)46(63)39(13-2)48-31(6)25-29(4)15-20-43(67-35(10)60)52(71-69-48)24-23-50(11,70-52)42-21-22-51(65,14-3)34(9)66-42/h15,17-18,20,26,29-34,38-39,41-43,45,47-48,62,65H,12-14,16,19,21-25,28H2,1-11H3,(H,58,64)(H,59,61)/b20-15-/t29-,30-,31-,32-,33-,34-,38+,39-,41+,42+,43+,45+,47+,48-,50-,51+,52-/m0/s1. The summed E-state index contributed by atoms with van der Waals surface area (Å²) in [6.07, 6.45) is -1.30. The molecule has 3 saturated heterocycles. The van der Waals surface area contributed by atoms with E-state index in [1.54, 1.807) is 19.9 Å². The van der Waals surface area contributed by atoms with E-state index < -0.39 is 125 Å². The van der Waals surface area contributed by atoms with Crippen molar-refractivity contribution in [1.82, 2.24) is 5.32 Å². The molecule has 4 N–H and O–H groups in total. The molecule has 15 nitrogen and oxygen atoms in total. The quantitative estimate of drug-likeness (QED) is 0.0696. The first-order valence-corrected chi connectivity index (χ1v) is 25.6. The molecular weight excluding hydrogens is 928 g/mol. The number of benzene rings is 1. The highest BCUT2D eigenvalue weighted by Crippen LogP contribution is 2.49. The number of aliphatic hydroxyl groups excluding tert-OH is 1. The normalized spacial score (nSPS) is 35.2. The summed E-state index contributed by atoms with van der Waals surface area (Å²) in [5.74, 6) is -6.84. The molecule has 3 fully saturated rings. The number of hydrogen-bond donors (Lipinski definition) is 4. The van der Waals surface area contributed by atoms with Crippen LogP contribution >= 0.6 is 0 Å². The fraction of sp³-hybridized carbons (Fsp3) is 0.755. The van der Waals surface area contributed by atoms with Gasteiger partial charge in [0.05, 0.1) is 71.4 Å². The summed E-state index contributed by atoms with van der Waals surface area (Å²) in [5, 5.41) is 37.2. The van der Waals surface area contributed by atoms with Crippen LogP contribution in [0, 0.1) is 52.8 Å². The molecule has 4 aliphatic heterocycles. The van der Waals surface area contributed by atoms with Crippen LogP contribution in [-0.2, 0) is 54.1 Å². The molecule has 0 bridgehead atoms. The minimum atomic E-state index is -4.81. The first-order valence-electron chi connectivity index (χ1n) is 25.6. The second-order valence-corrected chi connectivity index (χ2v) is 21.1. The molecule has 0 aliphatic carbocycles. The van der Waals surface area contributed by atoms with Gasteiger partial charge >= 0.3 is 12.1 Å². The van der Waals surface area contributed by atoms with E-state index in [4.69, 9.17) is 34.0 Å². The van der Waals surface area contributed by atoms with Gasteiger partial charge in [-0.3, -0.25) is 19.2 Å². The monoisotopic (exact) mass is 1010 g/mol. The number of ketones is 1. The SMILES string of the molecule is CC[C@@H](C(=O)[C@@H](C)[C@@H](O)[C@H](C)[C@@H]1O[C@@H]([C@@H](CC)C(=O)NCC(=O)Nc2ccc(C#N)c(C(F)(F)F)c2)CC[C@@H]1C)[C@H]1OO[C@@]2(CC[C@@](C)([C@H]3CC[C@](O)(CC)[C@H](C)O3)O2)[C@H](OC(C)=O)/C=C\[C@H](C)C[C@@H]1C. The molecule has 1 spiro atoms. The van der Waals surface area contributed by atoms with Crippen molar-refractivity contribution in [3.05, 3.63) is 41.5 Å². The third kappa shape index (κ3) is 13.4. The third-order valence-electron chi connectivity index (χ3n) is 16.0. The number of carbonyl (C=O) groups excluding carboxylic acids is 4. The number of nitrogens with zero attached hydrogens (tertiary/aromatic N) is 1. The van der Waals surface area contributed by atoms with Crippen LogP contribution in [-0.4, -0.2) is 100 Å². The van der Waals surface area contributed by atoms with Crippen molar-refractivity contribution in [3.8, 4) is 6.07 Å². The van der Waals surface area contributed by atoms with Gasteiger partial charge < -0.3 is 39.8 Å². The summed E-state index contributed by atoms with van der Waals surface area (Å²) in [5.41, 5.74) is -3.84. The largest absolute Gasteiger partial charge is 0.452 e. The van der Waals surface area contributed by atoms with Crippen molar-refractivity contribution in [2.75, 3.05) is 11.9 Å². The molecule has 17 atom stereocenters. The van der Waals surface area contributed by atoms with Crippen molar-refractivity contribution in [2.45, 2.75) is 206 Å². The Morgan fingerprint density at radius 3 is 2.24 bits per heavy atom. The van der Waals surface area contributed by atoms with Crippen LogP contribution in [0.4, 0.5) is 18.9 Å². The Morgan fingerprint density at radius 2 is 1.63 bits per heavy atom. The van der Waals surface area contributed by atoms with Gasteiger partial charge in [-0.15, -0.1) is 0 Å². The number of nitrogens with one attached hydrogen (secondary N) is 2. The summed E-state index contributed by atoms with van der Waals surface area (Å²) >= 11 is 0. The predicted octanol–water partition coefficient (Wildman–Crippen LogP) is 8.52. The summed E-state index contributed by atoms with van der Waals surface area (Å²) in [4.78, 5) is 66.7. The highest BCUT2D eigenvalue weighted by molar-refractivity contribution is 5.95. The van der Waals surface area contributed by atoms with E-state index in [0.717, 1.165) is 6.07 Å². The first kappa shape index (κ1) is 57.9. The molecule has 0 saturated carbocycles. The number of halogens is 3. The second kappa shape index (κ2) is 23.9. The van der Waals surface area contributed by atoms with Crippen LogP contribution in [0.2, 0.25) is 0 Å². The summed E-state index contributed by atoms with van der Waals surface area (Å²) in [7, 11) is 0. The molecule has 5 rings (SSSR count).